The minimum Gasteiger partial charge on any atom is -0.461 e. The fraction of sp³-hybridized carbons (Fsp3) is 0.375. The summed E-state index contributed by atoms with van der Waals surface area (Å²) in [7, 11) is 0. The smallest absolute Gasteiger partial charge is 0.356 e. The van der Waals surface area contributed by atoms with Crippen LogP contribution in [-0.4, -0.2) is 28.7 Å². The Bertz CT molecular complexity index is 308. The monoisotopic (exact) mass is 197 g/mol. The first-order valence-corrected chi connectivity index (χ1v) is 4.15. The van der Waals surface area contributed by atoms with Gasteiger partial charge in [-0.1, -0.05) is 0 Å². The molecule has 6 heteroatoms. The van der Waals surface area contributed by atoms with Crippen molar-refractivity contribution in [1.82, 2.24) is 10.2 Å². The van der Waals surface area contributed by atoms with Crippen LogP contribution in [0.2, 0.25) is 0 Å². The van der Waals surface area contributed by atoms with Crippen molar-refractivity contribution in [1.29, 1.82) is 0 Å². The van der Waals surface area contributed by atoms with E-state index in [0.29, 0.717) is 12.1 Å². The molecule has 0 bridgehead atoms. The van der Waals surface area contributed by atoms with Gasteiger partial charge in [-0.25, -0.2) is 4.79 Å². The zero-order valence-electron chi connectivity index (χ0n) is 7.53. The van der Waals surface area contributed by atoms with E-state index in [0.717, 1.165) is 0 Å². The number of aromatic amines is 1. The van der Waals surface area contributed by atoms with Crippen molar-refractivity contribution >= 4 is 11.9 Å². The van der Waals surface area contributed by atoms with Gasteiger partial charge in [0.1, 0.15) is 5.69 Å². The van der Waals surface area contributed by atoms with Crippen LogP contribution in [0.1, 0.15) is 23.3 Å². The molecule has 14 heavy (non-hydrogen) atoms. The summed E-state index contributed by atoms with van der Waals surface area (Å²) in [6, 6.07) is 1.51. The number of hydrogen-bond acceptors (Lipinski definition) is 4. The van der Waals surface area contributed by atoms with Gasteiger partial charge < -0.3 is 10.5 Å². The summed E-state index contributed by atoms with van der Waals surface area (Å²) in [5.41, 5.74) is 5.20. The van der Waals surface area contributed by atoms with Gasteiger partial charge in [-0.05, 0) is 12.5 Å². The maximum atomic E-state index is 11.1. The molecule has 0 aromatic carbocycles. The van der Waals surface area contributed by atoms with E-state index in [1.807, 2.05) is 0 Å². The molecule has 0 spiro atoms. The molecule has 1 amide bonds. The molecule has 0 aliphatic carbocycles. The van der Waals surface area contributed by atoms with Crippen LogP contribution in [0.25, 0.3) is 0 Å². The molecule has 3 N–H and O–H groups in total. The number of carbonyl (C=O) groups is 2. The highest BCUT2D eigenvalue weighted by Crippen LogP contribution is 1.97. The number of hydrogen-bond donors (Lipinski definition) is 2. The lowest BCUT2D eigenvalue weighted by molar-refractivity contribution is -0.118. The van der Waals surface area contributed by atoms with E-state index in [1.165, 1.54) is 12.3 Å². The Morgan fingerprint density at radius 1 is 1.57 bits per heavy atom. The van der Waals surface area contributed by atoms with Crippen LogP contribution in [0, 0.1) is 0 Å². The van der Waals surface area contributed by atoms with E-state index >= 15 is 0 Å². The maximum Gasteiger partial charge on any atom is 0.356 e. The van der Waals surface area contributed by atoms with Crippen molar-refractivity contribution in [2.75, 3.05) is 6.61 Å². The Morgan fingerprint density at radius 3 is 2.93 bits per heavy atom. The molecule has 1 rings (SSSR count). The summed E-state index contributed by atoms with van der Waals surface area (Å²) in [5, 5.41) is 6.07. The van der Waals surface area contributed by atoms with Crippen molar-refractivity contribution in [3.05, 3.63) is 18.0 Å². The summed E-state index contributed by atoms with van der Waals surface area (Å²) in [6.45, 7) is 0.181. The molecule has 0 radical (unpaired) electrons. The molecule has 0 saturated carbocycles. The first kappa shape index (κ1) is 10.2. The molecule has 0 aliphatic heterocycles. The molecule has 1 aromatic rings. The van der Waals surface area contributed by atoms with E-state index in [1.54, 1.807) is 0 Å². The van der Waals surface area contributed by atoms with Gasteiger partial charge in [0, 0.05) is 12.6 Å². The number of aromatic nitrogens is 2. The highest BCUT2D eigenvalue weighted by atomic mass is 16.5. The van der Waals surface area contributed by atoms with E-state index in [9.17, 15) is 9.59 Å². The minimum atomic E-state index is -0.480. The standard InChI is InChI=1S/C8H11N3O3/c9-7(12)2-1-5-14-8(13)6-3-4-10-11-6/h3-4H,1-2,5H2,(H2,9,12)(H,10,11). The number of nitrogens with zero attached hydrogens (tertiary/aromatic N) is 1. The summed E-state index contributed by atoms with van der Waals surface area (Å²) in [6.07, 6.45) is 2.12. The van der Waals surface area contributed by atoms with Crippen LogP contribution < -0.4 is 5.73 Å². The third-order valence-corrected chi connectivity index (χ3v) is 1.52. The predicted octanol–water partition coefficient (Wildman–Crippen LogP) is -0.168. The van der Waals surface area contributed by atoms with E-state index in [4.69, 9.17) is 10.5 Å². The van der Waals surface area contributed by atoms with Crippen LogP contribution in [0.3, 0.4) is 0 Å². The summed E-state index contributed by atoms with van der Waals surface area (Å²) >= 11 is 0. The fourth-order valence-corrected chi connectivity index (χ4v) is 0.859. The summed E-state index contributed by atoms with van der Waals surface area (Å²) < 4.78 is 4.82. The van der Waals surface area contributed by atoms with E-state index < -0.39 is 11.9 Å². The second kappa shape index (κ2) is 5.00. The topological polar surface area (TPSA) is 98.1 Å². The van der Waals surface area contributed by atoms with Crippen LogP contribution in [0.15, 0.2) is 12.3 Å². The number of nitrogens with two attached hydrogens (primary N) is 1. The van der Waals surface area contributed by atoms with Gasteiger partial charge in [-0.2, -0.15) is 5.10 Å². The molecular formula is C8H11N3O3. The molecular weight excluding hydrogens is 186 g/mol. The minimum absolute atomic E-state index is 0.181. The lowest BCUT2D eigenvalue weighted by Crippen LogP contribution is -2.13. The first-order valence-electron chi connectivity index (χ1n) is 4.15. The van der Waals surface area contributed by atoms with Crippen molar-refractivity contribution in [2.45, 2.75) is 12.8 Å². The maximum absolute atomic E-state index is 11.1. The quantitative estimate of drug-likeness (QED) is 0.505. The van der Waals surface area contributed by atoms with Gasteiger partial charge in [-0.3, -0.25) is 9.89 Å². The molecule has 1 aromatic heterocycles. The Hall–Kier alpha value is -1.85. The first-order chi connectivity index (χ1) is 6.70. The van der Waals surface area contributed by atoms with Crippen LogP contribution >= 0.6 is 0 Å². The van der Waals surface area contributed by atoms with Crippen LogP contribution in [-0.2, 0) is 9.53 Å². The van der Waals surface area contributed by atoms with Gasteiger partial charge in [0.15, 0.2) is 0 Å². The number of primary amides is 1. The van der Waals surface area contributed by atoms with Crippen LogP contribution in [0.5, 0.6) is 0 Å². The van der Waals surface area contributed by atoms with Crippen molar-refractivity contribution in [3.63, 3.8) is 0 Å². The predicted molar refractivity (Wildman–Crippen MR) is 47.3 cm³/mol. The lowest BCUT2D eigenvalue weighted by Gasteiger charge is -2.00. The zero-order valence-corrected chi connectivity index (χ0v) is 7.53. The van der Waals surface area contributed by atoms with Crippen molar-refractivity contribution < 1.29 is 14.3 Å². The average Bonchev–Trinajstić information content (AvgIpc) is 2.64. The van der Waals surface area contributed by atoms with Gasteiger partial charge in [0.2, 0.25) is 5.91 Å². The molecule has 6 nitrogen and oxygen atoms in total. The summed E-state index contributed by atoms with van der Waals surface area (Å²) in [4.78, 5) is 21.5. The Labute approximate surface area is 80.4 Å². The second-order valence-corrected chi connectivity index (χ2v) is 2.68. The summed E-state index contributed by atoms with van der Waals surface area (Å²) in [5.74, 6) is -0.880. The van der Waals surface area contributed by atoms with E-state index in [2.05, 4.69) is 10.2 Å². The van der Waals surface area contributed by atoms with Gasteiger partial charge >= 0.3 is 5.97 Å². The normalized spacial score (nSPS) is 9.71. The zero-order chi connectivity index (χ0) is 10.4. The van der Waals surface area contributed by atoms with Gasteiger partial charge in [-0.15, -0.1) is 0 Å². The number of H-pyrrole nitrogens is 1. The number of carbonyl (C=O) groups excluding carboxylic acids is 2. The number of rotatable bonds is 5. The lowest BCUT2D eigenvalue weighted by atomic mass is 10.3. The number of ether oxygens (including phenoxy) is 1. The molecule has 0 aliphatic rings. The number of nitrogens with one attached hydrogen (secondary N) is 1. The Morgan fingerprint density at radius 2 is 2.36 bits per heavy atom. The molecule has 1 heterocycles. The average molecular weight is 197 g/mol. The van der Waals surface area contributed by atoms with Crippen molar-refractivity contribution in [3.8, 4) is 0 Å². The molecule has 0 fully saturated rings. The fourth-order valence-electron chi connectivity index (χ4n) is 0.859. The second-order valence-electron chi connectivity index (χ2n) is 2.68. The Balaban J connectivity index is 2.19. The number of amides is 1. The molecule has 0 atom stereocenters. The molecule has 0 unspecified atom stereocenters. The van der Waals surface area contributed by atoms with E-state index in [-0.39, 0.29) is 13.0 Å². The third kappa shape index (κ3) is 3.26. The van der Waals surface area contributed by atoms with Gasteiger partial charge in [0.05, 0.1) is 6.61 Å². The largest absolute Gasteiger partial charge is 0.461 e. The molecule has 76 valence electrons. The highest BCUT2D eigenvalue weighted by Gasteiger charge is 2.07. The highest BCUT2D eigenvalue weighted by molar-refractivity contribution is 5.86. The van der Waals surface area contributed by atoms with Crippen LogP contribution in [0.4, 0.5) is 0 Å². The van der Waals surface area contributed by atoms with Crippen molar-refractivity contribution in [2.24, 2.45) is 5.73 Å². The Kier molecular flexibility index (Phi) is 3.66. The SMILES string of the molecule is NC(=O)CCCOC(=O)c1ccn[nH]1. The van der Waals surface area contributed by atoms with Gasteiger partial charge in [0.25, 0.3) is 0 Å². The third-order valence-electron chi connectivity index (χ3n) is 1.52. The molecule has 0 saturated heterocycles. The number of esters is 1.